The third kappa shape index (κ3) is 8.05. The van der Waals surface area contributed by atoms with Crippen LogP contribution in [-0.2, 0) is 19.5 Å². The van der Waals surface area contributed by atoms with Crippen molar-refractivity contribution in [3.8, 4) is 0 Å². The van der Waals surface area contributed by atoms with Crippen LogP contribution in [0, 0.1) is 0 Å². The first-order chi connectivity index (χ1) is 25.4. The summed E-state index contributed by atoms with van der Waals surface area (Å²) in [5.74, 6) is 0. The van der Waals surface area contributed by atoms with Crippen molar-refractivity contribution < 1.29 is 56.7 Å². The molecule has 6 aliphatic rings. The molecule has 0 saturated carbocycles. The van der Waals surface area contributed by atoms with Crippen LogP contribution in [0.5, 0.6) is 0 Å². The molecule has 0 amide bonds. The van der Waals surface area contributed by atoms with Crippen molar-refractivity contribution in [3.05, 3.63) is 143 Å². The smallest absolute Gasteiger partial charge is 1.00 e. The van der Waals surface area contributed by atoms with Gasteiger partial charge in [-0.15, -0.1) is 0 Å². The number of aromatic amines is 2. The van der Waals surface area contributed by atoms with Crippen LogP contribution in [0.4, 0.5) is 0 Å². The van der Waals surface area contributed by atoms with Gasteiger partial charge in [-0.3, -0.25) is 0 Å². The summed E-state index contributed by atoms with van der Waals surface area (Å²) in [6.45, 7) is 3.13. The van der Waals surface area contributed by atoms with E-state index >= 15 is 0 Å². The summed E-state index contributed by atoms with van der Waals surface area (Å²) in [5.41, 5.74) is 17.1. The molecule has 56 heavy (non-hydrogen) atoms. The van der Waals surface area contributed by atoms with Crippen LogP contribution in [0.25, 0.3) is 68.7 Å². The zero-order chi connectivity index (χ0) is 35.3. The summed E-state index contributed by atoms with van der Waals surface area (Å²) in [7, 11) is 8.46. The number of halogens is 3. The Morgan fingerprint density at radius 3 is 0.857 bits per heavy atom. The number of H-pyrrole nitrogens is 2. The van der Waals surface area contributed by atoms with E-state index in [4.69, 9.17) is 9.97 Å². The molecule has 0 aliphatic carbocycles. The van der Waals surface area contributed by atoms with E-state index in [0.29, 0.717) is 0 Å². The summed E-state index contributed by atoms with van der Waals surface area (Å²) in [6, 6.07) is 8.84. The van der Waals surface area contributed by atoms with Crippen molar-refractivity contribution in [3.63, 3.8) is 0 Å². The molecule has 1 radical (unpaired) electrons. The number of allylic oxidation sites excluding steroid dienone is 8. The molecule has 0 unspecified atom stereocenters. The van der Waals surface area contributed by atoms with Gasteiger partial charge in [0.1, 0.15) is 0 Å². The molecule has 0 saturated heterocycles. The molecule has 0 fully saturated rings. The van der Waals surface area contributed by atoms with Crippen LogP contribution in [0.3, 0.4) is 0 Å². The van der Waals surface area contributed by atoms with E-state index in [9.17, 15) is 0 Å². The Hall–Kier alpha value is -4.79. The number of rotatable bonds is 4. The van der Waals surface area contributed by atoms with Gasteiger partial charge in [0, 0.05) is 98.7 Å². The molecule has 8 nitrogen and oxygen atoms in total. The predicted molar refractivity (Wildman–Crippen MR) is 218 cm³/mol. The molecular weight excluding hydrogens is 848 g/mol. The van der Waals surface area contributed by atoms with Crippen molar-refractivity contribution in [2.24, 2.45) is 0 Å². The standard InChI is InChI=1S/C44H42N8.3ClH.Ru/c1-49-21-5-9-29(25-49)41-33-13-15-35(45-33)42(30-10-6-22-50(2)26-30)37-17-19-39(47-37)44(32-12-8-24-52(4)28-32)40-20-18-38(48-40)43(36-16-14-34(41)46-36)31-11-7-23-51(3)27-31;;;;/h5-24,45,48H,25-28H2,1-4H3;3*1H;/q;;;;+3/p-3. The molecule has 3 aromatic heterocycles. The molecular formula is C44H42Cl3N8Ru. The Morgan fingerprint density at radius 1 is 0.411 bits per heavy atom. The summed E-state index contributed by atoms with van der Waals surface area (Å²) >= 11 is 0. The van der Waals surface area contributed by atoms with E-state index in [0.717, 1.165) is 93.3 Å². The summed E-state index contributed by atoms with van der Waals surface area (Å²) in [5, 5.41) is 0. The number of hydrogen-bond donors (Lipinski definition) is 2. The Bertz CT molecular complexity index is 2170. The fraction of sp³-hybridized carbons (Fsp3) is 0.182. The van der Waals surface area contributed by atoms with Crippen molar-refractivity contribution in [2.45, 2.75) is 0 Å². The second kappa shape index (κ2) is 17.6. The fourth-order valence-electron chi connectivity index (χ4n) is 7.93. The largest absolute Gasteiger partial charge is 3.00 e. The predicted octanol–water partition coefficient (Wildman–Crippen LogP) is -0.965. The summed E-state index contributed by atoms with van der Waals surface area (Å²) in [6.07, 6.45) is 34.6. The van der Waals surface area contributed by atoms with Crippen LogP contribution >= 0.6 is 0 Å². The Kier molecular flexibility index (Phi) is 13.3. The minimum absolute atomic E-state index is 0. The van der Waals surface area contributed by atoms with Gasteiger partial charge in [0.25, 0.3) is 0 Å². The fourth-order valence-corrected chi connectivity index (χ4v) is 7.93. The van der Waals surface area contributed by atoms with Crippen molar-refractivity contribution in [2.75, 3.05) is 54.4 Å². The molecule has 12 heteroatoms. The van der Waals surface area contributed by atoms with Gasteiger partial charge in [-0.1, -0.05) is 24.3 Å². The van der Waals surface area contributed by atoms with Crippen molar-refractivity contribution in [1.82, 2.24) is 39.5 Å². The van der Waals surface area contributed by atoms with E-state index in [1.807, 2.05) is 0 Å². The van der Waals surface area contributed by atoms with E-state index in [2.05, 4.69) is 180 Å². The van der Waals surface area contributed by atoms with Gasteiger partial charge in [-0.05, 0) is 120 Å². The molecule has 8 bridgehead atoms. The van der Waals surface area contributed by atoms with Gasteiger partial charge in [0.15, 0.2) is 0 Å². The van der Waals surface area contributed by atoms with E-state index in [1.165, 1.54) is 22.3 Å². The molecule has 0 aromatic carbocycles. The second-order valence-corrected chi connectivity index (χ2v) is 14.3. The minimum atomic E-state index is 0. The topological polar surface area (TPSA) is 70.3 Å². The van der Waals surface area contributed by atoms with Gasteiger partial charge >= 0.3 is 19.5 Å². The van der Waals surface area contributed by atoms with Crippen LogP contribution in [0.15, 0.2) is 97.7 Å². The average molecular weight is 890 g/mol. The number of nitrogens with zero attached hydrogens (tertiary/aromatic N) is 6. The molecule has 0 spiro atoms. The summed E-state index contributed by atoms with van der Waals surface area (Å²) < 4.78 is 0. The molecule has 9 rings (SSSR count). The van der Waals surface area contributed by atoms with Crippen LogP contribution in [-0.4, -0.2) is 93.9 Å². The second-order valence-electron chi connectivity index (χ2n) is 14.3. The van der Waals surface area contributed by atoms with Gasteiger partial charge < -0.3 is 66.8 Å². The third-order valence-electron chi connectivity index (χ3n) is 10.3. The van der Waals surface area contributed by atoms with Gasteiger partial charge in [0.05, 0.1) is 22.8 Å². The molecule has 6 aliphatic heterocycles. The van der Waals surface area contributed by atoms with Crippen LogP contribution in [0.2, 0.25) is 0 Å². The van der Waals surface area contributed by atoms with Crippen LogP contribution < -0.4 is 37.2 Å². The Morgan fingerprint density at radius 2 is 0.643 bits per heavy atom. The maximum atomic E-state index is 5.46. The first-order valence-electron chi connectivity index (χ1n) is 17.9. The van der Waals surface area contributed by atoms with E-state index < -0.39 is 0 Å². The number of likely N-dealkylation sites (N-methyl/N-ethyl adjacent to an activating group) is 4. The zero-order valence-electron chi connectivity index (χ0n) is 31.5. The molecule has 287 valence electrons. The average Bonchev–Trinajstić information content (AvgIpc) is 3.96. The maximum absolute atomic E-state index is 5.46. The van der Waals surface area contributed by atoms with Crippen molar-refractivity contribution in [1.29, 1.82) is 0 Å². The number of aromatic nitrogens is 4. The molecule has 9 heterocycles. The number of hydrogen-bond acceptors (Lipinski definition) is 6. The summed E-state index contributed by atoms with van der Waals surface area (Å²) in [4.78, 5) is 27.5. The minimum Gasteiger partial charge on any atom is -1.00 e. The monoisotopic (exact) mass is 889 g/mol. The molecule has 3 aromatic rings. The third-order valence-corrected chi connectivity index (χ3v) is 10.3. The van der Waals surface area contributed by atoms with Gasteiger partial charge in [-0.2, -0.15) is 0 Å². The van der Waals surface area contributed by atoms with E-state index in [1.54, 1.807) is 0 Å². The van der Waals surface area contributed by atoms with Gasteiger partial charge in [0.2, 0.25) is 0 Å². The number of nitrogens with one attached hydrogen (secondary N) is 2. The molecule has 0 atom stereocenters. The first-order valence-corrected chi connectivity index (χ1v) is 17.9. The quantitative estimate of drug-likeness (QED) is 0.227. The van der Waals surface area contributed by atoms with Crippen molar-refractivity contribution >= 4 is 68.7 Å². The van der Waals surface area contributed by atoms with E-state index in [-0.39, 0.29) is 56.7 Å². The number of fused-ring (bicyclic) bond motifs is 8. The zero-order valence-corrected chi connectivity index (χ0v) is 35.6. The molecule has 2 N–H and O–H groups in total. The van der Waals surface area contributed by atoms with Gasteiger partial charge in [-0.25, -0.2) is 9.97 Å². The Labute approximate surface area is 359 Å². The van der Waals surface area contributed by atoms with Crippen LogP contribution in [0.1, 0.15) is 45.0 Å². The normalized spacial score (nSPS) is 16.6. The maximum Gasteiger partial charge on any atom is 3.00 e. The SMILES string of the molecule is CN1C=CC=C(c2c3nc(c(C4=CC=CN(C)C4)c4ccc([nH]4)c(C4=CC=CN(C)C4)c4nc(c(C5=CC=CN(C)C5)c5ccc2[nH]5)C=C4)C=C3)C1.[Cl-].[Cl-].[Cl-].[Ru+3]. The Balaban J connectivity index is 0.00000150. The first kappa shape index (κ1) is 42.4.